The average molecular weight is 246 g/mol. The molecular formula is C13H14N2O3. The van der Waals surface area contributed by atoms with Crippen LogP contribution in [0.15, 0.2) is 35.3 Å². The molecule has 0 radical (unpaired) electrons. The molecule has 0 aliphatic carbocycles. The first-order valence-corrected chi connectivity index (χ1v) is 5.60. The molecule has 0 unspecified atom stereocenters. The number of hydrogen-bond donors (Lipinski definition) is 1. The van der Waals surface area contributed by atoms with Crippen molar-refractivity contribution in [2.24, 2.45) is 5.41 Å². The number of benzene rings is 1. The number of carboxylic acid groups (broad SMARTS) is 1. The van der Waals surface area contributed by atoms with Crippen LogP contribution in [0.1, 0.15) is 13.8 Å². The first-order valence-electron chi connectivity index (χ1n) is 5.60. The third-order valence-corrected chi connectivity index (χ3v) is 2.89. The fourth-order valence-corrected chi connectivity index (χ4v) is 1.73. The summed E-state index contributed by atoms with van der Waals surface area (Å²) in [5.74, 6) is -0.896. The number of para-hydroxylation sites is 1. The molecule has 0 amide bonds. The second kappa shape index (κ2) is 4.25. The predicted molar refractivity (Wildman–Crippen MR) is 67.4 cm³/mol. The molecule has 0 saturated heterocycles. The summed E-state index contributed by atoms with van der Waals surface area (Å²) in [6.45, 7) is 3.47. The maximum absolute atomic E-state index is 11.6. The molecule has 5 nitrogen and oxygen atoms in total. The molecule has 0 spiro atoms. The fraction of sp³-hybridized carbons (Fsp3) is 0.308. The Labute approximate surface area is 104 Å². The molecule has 1 N–H and O–H groups in total. The van der Waals surface area contributed by atoms with Gasteiger partial charge in [-0.1, -0.05) is 12.1 Å². The number of fused-ring (bicyclic) bond motifs is 1. The molecule has 0 atom stereocenters. The Hall–Kier alpha value is -2.17. The van der Waals surface area contributed by atoms with Crippen LogP contribution < -0.4 is 5.43 Å². The molecule has 1 aromatic heterocycles. The van der Waals surface area contributed by atoms with Crippen molar-refractivity contribution in [3.8, 4) is 0 Å². The van der Waals surface area contributed by atoms with Gasteiger partial charge in [0.15, 0.2) is 0 Å². The van der Waals surface area contributed by atoms with Crippen molar-refractivity contribution in [2.75, 3.05) is 0 Å². The molecule has 0 aliphatic heterocycles. The summed E-state index contributed by atoms with van der Waals surface area (Å²) in [6.07, 6.45) is 1.22. The lowest BCUT2D eigenvalue weighted by atomic mass is 9.94. The van der Waals surface area contributed by atoms with E-state index in [1.54, 1.807) is 42.8 Å². The van der Waals surface area contributed by atoms with Crippen molar-refractivity contribution in [3.63, 3.8) is 0 Å². The highest BCUT2D eigenvalue weighted by Gasteiger charge is 2.28. The van der Waals surface area contributed by atoms with Crippen molar-refractivity contribution in [2.45, 2.75) is 20.4 Å². The van der Waals surface area contributed by atoms with Crippen LogP contribution in [-0.4, -0.2) is 20.9 Å². The van der Waals surface area contributed by atoms with Crippen LogP contribution in [-0.2, 0) is 11.3 Å². The molecule has 1 heterocycles. The van der Waals surface area contributed by atoms with Gasteiger partial charge in [0.25, 0.3) is 0 Å². The molecule has 94 valence electrons. The molecule has 2 rings (SSSR count). The van der Waals surface area contributed by atoms with Gasteiger partial charge in [0.05, 0.1) is 23.7 Å². The van der Waals surface area contributed by atoms with E-state index in [0.717, 1.165) is 0 Å². The van der Waals surface area contributed by atoms with Crippen LogP contribution in [0.25, 0.3) is 10.9 Å². The maximum atomic E-state index is 11.6. The average Bonchev–Trinajstić information content (AvgIpc) is 2.33. The lowest BCUT2D eigenvalue weighted by Gasteiger charge is -2.20. The molecule has 0 saturated carbocycles. The number of aliphatic carboxylic acids is 1. The summed E-state index contributed by atoms with van der Waals surface area (Å²) < 4.78 is 1.56. The first-order chi connectivity index (χ1) is 8.42. The molecule has 2 aromatic rings. The molecular weight excluding hydrogens is 232 g/mol. The van der Waals surface area contributed by atoms with Gasteiger partial charge in [0.1, 0.15) is 0 Å². The quantitative estimate of drug-likeness (QED) is 0.890. The van der Waals surface area contributed by atoms with E-state index in [9.17, 15) is 9.59 Å². The van der Waals surface area contributed by atoms with E-state index >= 15 is 0 Å². The highest BCUT2D eigenvalue weighted by Crippen LogP contribution is 2.19. The van der Waals surface area contributed by atoms with Gasteiger partial charge in [-0.2, -0.15) is 5.10 Å². The van der Waals surface area contributed by atoms with Crippen molar-refractivity contribution >= 4 is 16.9 Å². The van der Waals surface area contributed by atoms with E-state index in [1.165, 1.54) is 6.20 Å². The van der Waals surface area contributed by atoms with Crippen LogP contribution in [0, 0.1) is 5.41 Å². The molecule has 0 bridgehead atoms. The standard InChI is InChI=1S/C13H14N2O3/c1-13(2,12(17)18)8-15-10-6-4-3-5-9(10)11(16)7-14-15/h3-7H,8H2,1-2H3,(H,17,18). The second-order valence-electron chi connectivity index (χ2n) is 4.87. The SMILES string of the molecule is CC(C)(Cn1ncc(=O)c2ccccc21)C(=O)O. The van der Waals surface area contributed by atoms with Gasteiger partial charge in [0, 0.05) is 5.39 Å². The minimum atomic E-state index is -0.940. The summed E-state index contributed by atoms with van der Waals surface area (Å²) in [5.41, 5.74) is -0.445. The third kappa shape index (κ3) is 2.11. The fourth-order valence-electron chi connectivity index (χ4n) is 1.73. The van der Waals surface area contributed by atoms with Gasteiger partial charge >= 0.3 is 5.97 Å². The van der Waals surface area contributed by atoms with Crippen LogP contribution >= 0.6 is 0 Å². The zero-order valence-corrected chi connectivity index (χ0v) is 10.3. The largest absolute Gasteiger partial charge is 0.481 e. The number of hydrogen-bond acceptors (Lipinski definition) is 3. The van der Waals surface area contributed by atoms with Gasteiger partial charge < -0.3 is 5.11 Å². The summed E-state index contributed by atoms with van der Waals surface area (Å²) in [6, 6.07) is 7.05. The summed E-state index contributed by atoms with van der Waals surface area (Å²) >= 11 is 0. The topological polar surface area (TPSA) is 72.2 Å². The van der Waals surface area contributed by atoms with Crippen molar-refractivity contribution in [3.05, 3.63) is 40.7 Å². The molecule has 0 aliphatic rings. The number of rotatable bonds is 3. The highest BCUT2D eigenvalue weighted by molar-refractivity contribution is 5.78. The number of aromatic nitrogens is 2. The number of carboxylic acids is 1. The molecule has 18 heavy (non-hydrogen) atoms. The van der Waals surface area contributed by atoms with Gasteiger partial charge in [-0.15, -0.1) is 0 Å². The van der Waals surface area contributed by atoms with E-state index in [2.05, 4.69) is 5.10 Å². The van der Waals surface area contributed by atoms with E-state index in [1.807, 2.05) is 0 Å². The monoisotopic (exact) mass is 246 g/mol. The Morgan fingerprint density at radius 2 is 2.06 bits per heavy atom. The third-order valence-electron chi connectivity index (χ3n) is 2.89. The molecule has 1 aromatic carbocycles. The van der Waals surface area contributed by atoms with Gasteiger partial charge in [-0.25, -0.2) is 0 Å². The van der Waals surface area contributed by atoms with Crippen LogP contribution in [0.5, 0.6) is 0 Å². The summed E-state index contributed by atoms with van der Waals surface area (Å²) in [4.78, 5) is 22.8. The Bertz CT molecular complexity index is 659. The van der Waals surface area contributed by atoms with Crippen LogP contribution in [0.3, 0.4) is 0 Å². The van der Waals surface area contributed by atoms with Crippen molar-refractivity contribution in [1.82, 2.24) is 9.78 Å². The van der Waals surface area contributed by atoms with E-state index in [-0.39, 0.29) is 12.0 Å². The van der Waals surface area contributed by atoms with E-state index < -0.39 is 11.4 Å². The first kappa shape index (κ1) is 12.3. The van der Waals surface area contributed by atoms with Crippen molar-refractivity contribution in [1.29, 1.82) is 0 Å². The van der Waals surface area contributed by atoms with Gasteiger partial charge in [-0.05, 0) is 26.0 Å². The predicted octanol–water partition coefficient (Wildman–Crippen LogP) is 1.51. The Morgan fingerprint density at radius 1 is 1.39 bits per heavy atom. The zero-order valence-electron chi connectivity index (χ0n) is 10.3. The van der Waals surface area contributed by atoms with E-state index in [0.29, 0.717) is 10.9 Å². The minimum Gasteiger partial charge on any atom is -0.481 e. The number of carbonyl (C=O) groups is 1. The van der Waals surface area contributed by atoms with Crippen molar-refractivity contribution < 1.29 is 9.90 Å². The zero-order chi connectivity index (χ0) is 13.3. The van der Waals surface area contributed by atoms with Gasteiger partial charge in [0.2, 0.25) is 5.43 Å². The smallest absolute Gasteiger partial charge is 0.310 e. The Balaban J connectivity index is 2.57. The lowest BCUT2D eigenvalue weighted by molar-refractivity contribution is -0.147. The number of nitrogens with zero attached hydrogens (tertiary/aromatic N) is 2. The lowest BCUT2D eigenvalue weighted by Crippen LogP contribution is -2.30. The van der Waals surface area contributed by atoms with E-state index in [4.69, 9.17) is 5.11 Å². The minimum absolute atomic E-state index is 0.157. The summed E-state index contributed by atoms with van der Waals surface area (Å²) in [7, 11) is 0. The maximum Gasteiger partial charge on any atom is 0.310 e. The summed E-state index contributed by atoms with van der Waals surface area (Å²) in [5, 5.41) is 13.7. The Morgan fingerprint density at radius 3 is 2.72 bits per heavy atom. The highest BCUT2D eigenvalue weighted by atomic mass is 16.4. The molecule has 0 fully saturated rings. The van der Waals surface area contributed by atoms with Crippen LogP contribution in [0.4, 0.5) is 0 Å². The van der Waals surface area contributed by atoms with Gasteiger partial charge in [-0.3, -0.25) is 14.3 Å². The molecule has 5 heteroatoms. The normalized spacial score (nSPS) is 11.7. The van der Waals surface area contributed by atoms with Crippen LogP contribution in [0.2, 0.25) is 0 Å². The Kier molecular flexibility index (Phi) is 2.90. The second-order valence-corrected chi connectivity index (χ2v) is 4.87.